The highest BCUT2D eigenvalue weighted by Gasteiger charge is 2.50. The minimum Gasteiger partial charge on any atom is -0.476 e. The molecule has 1 aromatic heterocycles. The van der Waals surface area contributed by atoms with Gasteiger partial charge in [-0.05, 0) is 52.1 Å². The van der Waals surface area contributed by atoms with Gasteiger partial charge in [0.1, 0.15) is 5.69 Å². The highest BCUT2D eigenvalue weighted by Crippen LogP contribution is 2.52. The Hall–Kier alpha value is -2.18. The Bertz CT molecular complexity index is 718. The first-order valence-electron chi connectivity index (χ1n) is 8.63. The molecule has 7 nitrogen and oxygen atoms in total. The highest BCUT2D eigenvalue weighted by molar-refractivity contribution is 5.78. The van der Waals surface area contributed by atoms with Crippen molar-refractivity contribution in [3.63, 3.8) is 0 Å². The molecule has 3 rings (SSSR count). The van der Waals surface area contributed by atoms with Crippen molar-refractivity contribution in [2.75, 3.05) is 13.2 Å². The predicted octanol–water partition coefficient (Wildman–Crippen LogP) is 3.10. The van der Waals surface area contributed by atoms with Gasteiger partial charge in [-0.25, -0.2) is 0 Å². The molecule has 0 aromatic carbocycles. The summed E-state index contributed by atoms with van der Waals surface area (Å²) in [6.07, 6.45) is 3.11. The number of amides is 1. The van der Waals surface area contributed by atoms with Crippen LogP contribution in [0.5, 0.6) is 5.75 Å². The Morgan fingerprint density at radius 1 is 1.40 bits per heavy atom. The number of hydrogen-bond donors (Lipinski definition) is 0. The number of nitrogens with zero attached hydrogens (tertiary/aromatic N) is 3. The third-order valence-electron chi connectivity index (χ3n) is 5.24. The maximum atomic E-state index is 12.7. The zero-order valence-corrected chi connectivity index (χ0v) is 15.2. The van der Waals surface area contributed by atoms with Crippen LogP contribution in [0.25, 0.3) is 0 Å². The number of pyridine rings is 1. The van der Waals surface area contributed by atoms with Gasteiger partial charge in [-0.1, -0.05) is 20.8 Å². The van der Waals surface area contributed by atoms with E-state index in [2.05, 4.69) is 25.8 Å². The van der Waals surface area contributed by atoms with Crippen molar-refractivity contribution in [1.29, 1.82) is 0 Å². The van der Waals surface area contributed by atoms with Crippen molar-refractivity contribution in [2.45, 2.75) is 53.0 Å². The molecule has 1 saturated carbocycles. The fourth-order valence-corrected chi connectivity index (χ4v) is 4.75. The third-order valence-corrected chi connectivity index (χ3v) is 5.24. The molecule has 1 aliphatic heterocycles. The van der Waals surface area contributed by atoms with Crippen LogP contribution in [0, 0.1) is 27.9 Å². The maximum Gasteiger partial charge on any atom is 0.406 e. The van der Waals surface area contributed by atoms with Crippen molar-refractivity contribution in [3.8, 4) is 5.75 Å². The zero-order chi connectivity index (χ0) is 18.4. The summed E-state index contributed by atoms with van der Waals surface area (Å²) in [5.41, 5.74) is 0.918. The van der Waals surface area contributed by atoms with Gasteiger partial charge in [0.05, 0.1) is 0 Å². The van der Waals surface area contributed by atoms with Crippen molar-refractivity contribution in [2.24, 2.45) is 10.8 Å². The van der Waals surface area contributed by atoms with E-state index in [0.29, 0.717) is 5.69 Å². The molecule has 2 heterocycles. The quantitative estimate of drug-likeness (QED) is 0.617. The fraction of sp³-hybridized carbons (Fsp3) is 0.667. The van der Waals surface area contributed by atoms with Crippen LogP contribution in [0.3, 0.4) is 0 Å². The average molecular weight is 347 g/mol. The van der Waals surface area contributed by atoms with Crippen LogP contribution in [-0.2, 0) is 4.79 Å². The van der Waals surface area contributed by atoms with Gasteiger partial charge < -0.3 is 19.8 Å². The lowest BCUT2D eigenvalue weighted by Gasteiger charge is -2.39. The van der Waals surface area contributed by atoms with E-state index in [1.54, 1.807) is 13.0 Å². The molecule has 25 heavy (non-hydrogen) atoms. The number of aromatic nitrogens is 1. The summed E-state index contributed by atoms with van der Waals surface area (Å²) >= 11 is 0. The lowest BCUT2D eigenvalue weighted by atomic mass is 9.65. The van der Waals surface area contributed by atoms with Gasteiger partial charge >= 0.3 is 5.82 Å². The molecule has 2 fully saturated rings. The number of hydrogen-bond acceptors (Lipinski definition) is 5. The first-order chi connectivity index (χ1) is 11.6. The van der Waals surface area contributed by atoms with E-state index in [1.165, 1.54) is 6.07 Å². The molecule has 1 saturated heterocycles. The largest absolute Gasteiger partial charge is 0.476 e. The fourth-order valence-electron chi connectivity index (χ4n) is 4.75. The first-order valence-corrected chi connectivity index (χ1v) is 8.63. The second kappa shape index (κ2) is 5.97. The van der Waals surface area contributed by atoms with Crippen LogP contribution in [0.1, 0.15) is 45.7 Å². The molecule has 1 aromatic rings. The normalized spacial score (nSPS) is 27.2. The number of carbonyl (C=O) groups excluding carboxylic acids is 1. The van der Waals surface area contributed by atoms with Crippen molar-refractivity contribution >= 4 is 11.7 Å². The second-order valence-corrected chi connectivity index (χ2v) is 8.56. The third kappa shape index (κ3) is 3.60. The van der Waals surface area contributed by atoms with E-state index >= 15 is 0 Å². The molecule has 0 N–H and O–H groups in total. The monoisotopic (exact) mass is 347 g/mol. The van der Waals surface area contributed by atoms with Crippen molar-refractivity contribution < 1.29 is 14.5 Å². The van der Waals surface area contributed by atoms with Gasteiger partial charge in [-0.2, -0.15) is 0 Å². The van der Waals surface area contributed by atoms with Crippen LogP contribution in [-0.4, -0.2) is 39.9 Å². The minimum absolute atomic E-state index is 0.0395. The van der Waals surface area contributed by atoms with E-state index in [9.17, 15) is 14.9 Å². The lowest BCUT2D eigenvalue weighted by molar-refractivity contribution is -0.390. The molecule has 2 bridgehead atoms. The summed E-state index contributed by atoms with van der Waals surface area (Å²) < 4.78 is 5.47. The van der Waals surface area contributed by atoms with Gasteiger partial charge in [0, 0.05) is 19.5 Å². The summed E-state index contributed by atoms with van der Waals surface area (Å²) in [5.74, 6) is -0.417. The summed E-state index contributed by atoms with van der Waals surface area (Å²) in [4.78, 5) is 29.0. The molecule has 1 aliphatic carbocycles. The Morgan fingerprint density at radius 2 is 2.12 bits per heavy atom. The van der Waals surface area contributed by atoms with Gasteiger partial charge in [-0.15, -0.1) is 0 Å². The molecule has 0 unspecified atom stereocenters. The Labute approximate surface area is 147 Å². The molecule has 2 aliphatic rings. The first kappa shape index (κ1) is 17.6. The van der Waals surface area contributed by atoms with E-state index in [4.69, 9.17) is 4.74 Å². The zero-order valence-electron chi connectivity index (χ0n) is 15.2. The Kier molecular flexibility index (Phi) is 4.21. The van der Waals surface area contributed by atoms with Crippen LogP contribution < -0.4 is 4.74 Å². The molecule has 7 heteroatoms. The smallest absolute Gasteiger partial charge is 0.406 e. The van der Waals surface area contributed by atoms with Crippen LogP contribution in [0.15, 0.2) is 12.1 Å². The predicted molar refractivity (Wildman–Crippen MR) is 92.4 cm³/mol. The standard InChI is InChI=1S/C18H25N3O4/c1-12-5-6-14(16(19-12)21(23)24)25-9-15(22)20-11-18(4)8-13(20)7-17(2,3)10-18/h5-6,13H,7-11H2,1-4H3/t13-,18+/m1/s1. The van der Waals surface area contributed by atoms with Crippen molar-refractivity contribution in [1.82, 2.24) is 9.88 Å². The van der Waals surface area contributed by atoms with Gasteiger partial charge in [-0.3, -0.25) is 4.79 Å². The Balaban J connectivity index is 1.69. The molecule has 0 radical (unpaired) electrons. The number of fused-ring (bicyclic) bond motifs is 2. The number of rotatable bonds is 4. The van der Waals surface area contributed by atoms with Gasteiger partial charge in [0.2, 0.25) is 5.75 Å². The summed E-state index contributed by atoms with van der Waals surface area (Å²) in [6.45, 7) is 8.96. The molecule has 136 valence electrons. The summed E-state index contributed by atoms with van der Waals surface area (Å²) in [6, 6.07) is 3.37. The number of aryl methyl sites for hydroxylation is 1. The molecule has 0 spiro atoms. The van der Waals surface area contributed by atoms with E-state index in [0.717, 1.165) is 25.8 Å². The molecule has 1 amide bonds. The van der Waals surface area contributed by atoms with Crippen LogP contribution in [0.4, 0.5) is 5.82 Å². The van der Waals surface area contributed by atoms with E-state index in [-0.39, 0.29) is 41.0 Å². The number of likely N-dealkylation sites (tertiary alicyclic amines) is 1. The maximum absolute atomic E-state index is 12.7. The average Bonchev–Trinajstić information content (AvgIpc) is 2.74. The highest BCUT2D eigenvalue weighted by atomic mass is 16.6. The van der Waals surface area contributed by atoms with Crippen LogP contribution in [0.2, 0.25) is 0 Å². The topological polar surface area (TPSA) is 85.6 Å². The summed E-state index contributed by atoms with van der Waals surface area (Å²) in [7, 11) is 0. The SMILES string of the molecule is Cc1ccc(OCC(=O)N2C[C@@]3(C)C[C@H]2CC(C)(C)C3)c([N+](=O)[O-])n1. The lowest BCUT2D eigenvalue weighted by Crippen LogP contribution is -2.40. The molecular weight excluding hydrogens is 322 g/mol. The molecular formula is C18H25N3O4. The number of carbonyl (C=O) groups is 1. The van der Waals surface area contributed by atoms with E-state index in [1.807, 2.05) is 4.90 Å². The summed E-state index contributed by atoms with van der Waals surface area (Å²) in [5, 5.41) is 11.1. The minimum atomic E-state index is -0.584. The van der Waals surface area contributed by atoms with E-state index < -0.39 is 4.92 Å². The Morgan fingerprint density at radius 3 is 2.80 bits per heavy atom. The molecule has 2 atom stereocenters. The number of ether oxygens (including phenoxy) is 1. The van der Waals surface area contributed by atoms with Crippen LogP contribution >= 0.6 is 0 Å². The van der Waals surface area contributed by atoms with Gasteiger partial charge in [0.15, 0.2) is 6.61 Å². The number of nitro groups is 1. The van der Waals surface area contributed by atoms with Crippen molar-refractivity contribution in [3.05, 3.63) is 27.9 Å². The van der Waals surface area contributed by atoms with Gasteiger partial charge in [0.25, 0.3) is 5.91 Å². The second-order valence-electron chi connectivity index (χ2n) is 8.56.